The summed E-state index contributed by atoms with van der Waals surface area (Å²) in [5.74, 6) is -0.955. The number of aromatic amines is 1. The van der Waals surface area contributed by atoms with Crippen LogP contribution in [0.5, 0.6) is 0 Å². The fourth-order valence-electron chi connectivity index (χ4n) is 2.21. The summed E-state index contributed by atoms with van der Waals surface area (Å²) < 4.78 is 10.6. The molecule has 4 N–H and O–H groups in total. The highest BCUT2D eigenvalue weighted by atomic mass is 16.6. The van der Waals surface area contributed by atoms with Crippen molar-refractivity contribution in [3.8, 4) is 0 Å². The molecule has 4 atom stereocenters. The summed E-state index contributed by atoms with van der Waals surface area (Å²) >= 11 is 0. The fourth-order valence-corrected chi connectivity index (χ4v) is 2.21. The largest absolute Gasteiger partial charge is 0.461 e. The molecule has 0 aromatic carbocycles. The van der Waals surface area contributed by atoms with Crippen LogP contribution in [0.1, 0.15) is 23.6 Å². The third-order valence-corrected chi connectivity index (χ3v) is 3.23. The molecule has 0 aliphatic carbocycles. The normalized spacial score (nSPS) is 27.8. The van der Waals surface area contributed by atoms with E-state index in [2.05, 4.69) is 0 Å². The number of aromatic nitrogens is 2. The van der Waals surface area contributed by atoms with Gasteiger partial charge in [-0.3, -0.25) is 14.3 Å². The minimum atomic E-state index is -1.58. The molecule has 2 rings (SSSR count). The average molecular weight is 316 g/mol. The Morgan fingerprint density at radius 1 is 1.41 bits per heavy atom. The molecule has 1 aliphatic heterocycles. The molecule has 2 heterocycles. The lowest BCUT2D eigenvalue weighted by Gasteiger charge is -2.19. The molecular formula is C12H16N2O8. The van der Waals surface area contributed by atoms with Crippen LogP contribution in [0.15, 0.2) is 15.7 Å². The molecule has 10 heteroatoms. The molecule has 1 saturated heterocycles. The van der Waals surface area contributed by atoms with Gasteiger partial charge in [-0.25, -0.2) is 9.59 Å². The van der Waals surface area contributed by atoms with Crippen molar-refractivity contribution in [1.82, 2.24) is 9.55 Å². The number of H-pyrrole nitrogens is 1. The first-order valence-corrected chi connectivity index (χ1v) is 6.56. The lowest BCUT2D eigenvalue weighted by Crippen LogP contribution is -2.41. The van der Waals surface area contributed by atoms with Crippen molar-refractivity contribution >= 4 is 5.97 Å². The summed E-state index contributed by atoms with van der Waals surface area (Å²) in [5, 5.41) is 28.7. The molecule has 1 fully saturated rings. The van der Waals surface area contributed by atoms with Crippen LogP contribution in [0, 0.1) is 0 Å². The van der Waals surface area contributed by atoms with Crippen molar-refractivity contribution in [2.45, 2.75) is 31.5 Å². The van der Waals surface area contributed by atoms with Gasteiger partial charge in [-0.15, -0.1) is 0 Å². The lowest BCUT2D eigenvalue weighted by atomic mass is 10.1. The third kappa shape index (κ3) is 2.81. The van der Waals surface area contributed by atoms with Gasteiger partial charge in [0.2, 0.25) is 0 Å². The maximum atomic E-state index is 12.0. The van der Waals surface area contributed by atoms with E-state index in [0.717, 1.165) is 6.07 Å². The second-order valence-corrected chi connectivity index (χ2v) is 4.64. The monoisotopic (exact) mass is 316 g/mol. The Hall–Kier alpha value is -2.01. The number of rotatable bonds is 4. The van der Waals surface area contributed by atoms with Crippen molar-refractivity contribution in [2.24, 2.45) is 0 Å². The molecule has 0 unspecified atom stereocenters. The van der Waals surface area contributed by atoms with Gasteiger partial charge in [-0.05, 0) is 6.92 Å². The van der Waals surface area contributed by atoms with Gasteiger partial charge in [0.25, 0.3) is 5.56 Å². The predicted octanol–water partition coefficient (Wildman–Crippen LogP) is -2.68. The Balaban J connectivity index is 2.53. The van der Waals surface area contributed by atoms with Crippen molar-refractivity contribution in [2.75, 3.05) is 13.2 Å². The van der Waals surface area contributed by atoms with Gasteiger partial charge < -0.3 is 24.8 Å². The first-order valence-electron chi connectivity index (χ1n) is 6.56. The maximum absolute atomic E-state index is 12.0. The van der Waals surface area contributed by atoms with Crippen LogP contribution in [0.3, 0.4) is 0 Å². The minimum Gasteiger partial charge on any atom is -0.461 e. The van der Waals surface area contributed by atoms with Gasteiger partial charge in [0, 0.05) is 6.07 Å². The minimum absolute atomic E-state index is 0.00971. The van der Waals surface area contributed by atoms with E-state index in [1.54, 1.807) is 6.92 Å². The first-order chi connectivity index (χ1) is 10.4. The molecule has 1 aromatic rings. The second-order valence-electron chi connectivity index (χ2n) is 4.64. The van der Waals surface area contributed by atoms with E-state index in [1.807, 2.05) is 4.98 Å². The molecule has 1 aliphatic rings. The number of ether oxygens (including phenoxy) is 2. The molecule has 0 radical (unpaired) electrons. The Morgan fingerprint density at radius 3 is 2.64 bits per heavy atom. The molecule has 122 valence electrons. The molecular weight excluding hydrogens is 300 g/mol. The van der Waals surface area contributed by atoms with E-state index >= 15 is 0 Å². The molecule has 1 aromatic heterocycles. The number of aliphatic hydroxyl groups excluding tert-OH is 3. The van der Waals surface area contributed by atoms with Crippen LogP contribution >= 0.6 is 0 Å². The number of nitrogens with one attached hydrogen (secondary N) is 1. The Bertz CT molecular complexity index is 666. The number of carbonyl (C=O) groups is 1. The summed E-state index contributed by atoms with van der Waals surface area (Å²) in [6.07, 6.45) is -5.61. The van der Waals surface area contributed by atoms with E-state index in [4.69, 9.17) is 14.6 Å². The molecule has 0 spiro atoms. The lowest BCUT2D eigenvalue weighted by molar-refractivity contribution is -0.0565. The Labute approximate surface area is 123 Å². The number of hydrogen-bond donors (Lipinski definition) is 4. The predicted molar refractivity (Wildman–Crippen MR) is 70.3 cm³/mol. The van der Waals surface area contributed by atoms with Crippen LogP contribution < -0.4 is 11.2 Å². The van der Waals surface area contributed by atoms with Crippen molar-refractivity contribution in [3.63, 3.8) is 0 Å². The molecule has 10 nitrogen and oxygen atoms in total. The number of nitrogens with zero attached hydrogens (tertiary/aromatic N) is 1. The summed E-state index contributed by atoms with van der Waals surface area (Å²) in [4.78, 5) is 37.2. The summed E-state index contributed by atoms with van der Waals surface area (Å²) in [7, 11) is 0. The topological polar surface area (TPSA) is 151 Å². The summed E-state index contributed by atoms with van der Waals surface area (Å²) in [6, 6.07) is 0.828. The highest BCUT2D eigenvalue weighted by molar-refractivity contribution is 5.87. The fraction of sp³-hybridized carbons (Fsp3) is 0.583. The highest BCUT2D eigenvalue weighted by Gasteiger charge is 2.45. The van der Waals surface area contributed by atoms with E-state index in [0.29, 0.717) is 4.57 Å². The third-order valence-electron chi connectivity index (χ3n) is 3.23. The van der Waals surface area contributed by atoms with E-state index < -0.39 is 54.1 Å². The van der Waals surface area contributed by atoms with Gasteiger partial charge in [-0.1, -0.05) is 0 Å². The maximum Gasteiger partial charge on any atom is 0.355 e. The van der Waals surface area contributed by atoms with E-state index in [9.17, 15) is 24.6 Å². The number of carbonyl (C=O) groups excluding carboxylic acids is 1. The molecule has 22 heavy (non-hydrogen) atoms. The number of hydrogen-bond acceptors (Lipinski definition) is 8. The zero-order chi connectivity index (χ0) is 16.4. The van der Waals surface area contributed by atoms with Crippen LogP contribution in [-0.4, -0.2) is 62.4 Å². The van der Waals surface area contributed by atoms with Gasteiger partial charge >= 0.3 is 11.7 Å². The standard InChI is InChI=1S/C12H16N2O8/c1-2-21-11(19)5-3-7(16)13-12(20)14(5)10-9(18)8(17)6(4-15)22-10/h3,6,8-10,15,17-18H,2,4H2,1H3,(H,13,16,20)/t6-,8-,9-,10-/m1/s1. The Kier molecular flexibility index (Phi) is 4.76. The van der Waals surface area contributed by atoms with Crippen LogP contribution in [0.25, 0.3) is 0 Å². The van der Waals surface area contributed by atoms with Gasteiger partial charge in [0.1, 0.15) is 24.0 Å². The number of aliphatic hydroxyl groups is 3. The van der Waals surface area contributed by atoms with E-state index in [-0.39, 0.29) is 6.61 Å². The smallest absolute Gasteiger partial charge is 0.355 e. The summed E-state index contributed by atoms with van der Waals surface area (Å²) in [6.45, 7) is 0.956. The second kappa shape index (κ2) is 6.40. The van der Waals surface area contributed by atoms with Crippen molar-refractivity contribution < 1.29 is 29.6 Å². The van der Waals surface area contributed by atoms with Crippen molar-refractivity contribution in [3.05, 3.63) is 32.6 Å². The van der Waals surface area contributed by atoms with Gasteiger partial charge in [0.15, 0.2) is 6.23 Å². The summed E-state index contributed by atoms with van der Waals surface area (Å²) in [5.41, 5.74) is -2.26. The van der Waals surface area contributed by atoms with Crippen LogP contribution in [-0.2, 0) is 9.47 Å². The highest BCUT2D eigenvalue weighted by Crippen LogP contribution is 2.28. The SMILES string of the molecule is CCOC(=O)c1cc(=O)[nH]c(=O)n1[C@@H]1O[C@H](CO)[C@@H](O)[C@H]1O. The first kappa shape index (κ1) is 16.4. The zero-order valence-electron chi connectivity index (χ0n) is 11.6. The molecule has 0 amide bonds. The van der Waals surface area contributed by atoms with Gasteiger partial charge in [-0.2, -0.15) is 0 Å². The zero-order valence-corrected chi connectivity index (χ0v) is 11.6. The number of esters is 1. The Morgan fingerprint density at radius 2 is 2.09 bits per heavy atom. The average Bonchev–Trinajstić information content (AvgIpc) is 2.74. The van der Waals surface area contributed by atoms with Crippen LogP contribution in [0.4, 0.5) is 0 Å². The van der Waals surface area contributed by atoms with Crippen LogP contribution in [0.2, 0.25) is 0 Å². The van der Waals surface area contributed by atoms with Gasteiger partial charge in [0.05, 0.1) is 13.2 Å². The molecule has 0 bridgehead atoms. The van der Waals surface area contributed by atoms with E-state index in [1.165, 1.54) is 0 Å². The molecule has 0 saturated carbocycles. The van der Waals surface area contributed by atoms with Crippen molar-refractivity contribution in [1.29, 1.82) is 0 Å². The quantitative estimate of drug-likeness (QED) is 0.439.